The van der Waals surface area contributed by atoms with Gasteiger partial charge in [-0.2, -0.15) is 0 Å². The number of fused-ring (bicyclic) bond motifs is 5. The molecule has 4 fully saturated rings. The Balaban J connectivity index is 1.32. The summed E-state index contributed by atoms with van der Waals surface area (Å²) in [6.45, 7) is 19.5. The van der Waals surface area contributed by atoms with Gasteiger partial charge < -0.3 is 4.74 Å². The van der Waals surface area contributed by atoms with Crippen LogP contribution >= 0.6 is 0 Å². The molecule has 0 amide bonds. The summed E-state index contributed by atoms with van der Waals surface area (Å²) in [4.78, 5) is 11.5. The molecule has 0 saturated heterocycles. The topological polar surface area (TPSA) is 26.3 Å². The number of carbonyl (C=O) groups is 1. The molecule has 0 radical (unpaired) electrons. The second-order valence-electron chi connectivity index (χ2n) is 14.7. The van der Waals surface area contributed by atoms with Gasteiger partial charge in [0.2, 0.25) is 0 Å². The molecule has 0 aromatic carbocycles. The number of allylic oxidation sites excluding steroid dienone is 1. The van der Waals surface area contributed by atoms with Gasteiger partial charge in [-0.05, 0) is 115 Å². The van der Waals surface area contributed by atoms with E-state index in [-0.39, 0.29) is 12.1 Å². The average Bonchev–Trinajstić information content (AvgIpc) is 3.34. The molecule has 0 N–H and O–H groups in total. The van der Waals surface area contributed by atoms with Crippen LogP contribution in [0.1, 0.15) is 113 Å². The summed E-state index contributed by atoms with van der Waals surface area (Å²) in [6.07, 6.45) is 14.5. The molecule has 4 saturated carbocycles. The molecule has 192 valence electrons. The number of hydrogen-bond acceptors (Lipinski definition) is 2. The molecule has 11 atom stereocenters. The van der Waals surface area contributed by atoms with Gasteiger partial charge in [0.25, 0.3) is 0 Å². The van der Waals surface area contributed by atoms with Gasteiger partial charge in [-0.1, -0.05) is 60.1 Å². The molecule has 0 aromatic heterocycles. The highest BCUT2D eigenvalue weighted by Gasteiger charge is 2.63. The lowest BCUT2D eigenvalue weighted by Gasteiger charge is -2.58. The quantitative estimate of drug-likeness (QED) is 0.299. The molecular formula is C32H52O2. The molecule has 2 nitrogen and oxygen atoms in total. The third-order valence-corrected chi connectivity index (χ3v) is 13.1. The zero-order valence-electron chi connectivity index (χ0n) is 23.5. The average molecular weight is 469 g/mol. The maximum absolute atomic E-state index is 11.5. The van der Waals surface area contributed by atoms with Crippen molar-refractivity contribution in [2.45, 2.75) is 119 Å². The van der Waals surface area contributed by atoms with E-state index in [4.69, 9.17) is 4.74 Å². The highest BCUT2D eigenvalue weighted by Crippen LogP contribution is 2.71. The molecule has 0 bridgehead atoms. The molecule has 34 heavy (non-hydrogen) atoms. The van der Waals surface area contributed by atoms with E-state index in [2.05, 4.69) is 54.5 Å². The van der Waals surface area contributed by atoms with Crippen LogP contribution in [-0.4, -0.2) is 12.1 Å². The summed E-state index contributed by atoms with van der Waals surface area (Å²) in [5, 5.41) is 0. The number of carbonyl (C=O) groups excluding carboxylic acids is 1. The summed E-state index contributed by atoms with van der Waals surface area (Å²) >= 11 is 0. The van der Waals surface area contributed by atoms with Crippen LogP contribution < -0.4 is 0 Å². The van der Waals surface area contributed by atoms with Crippen molar-refractivity contribution in [3.8, 4) is 0 Å². The lowest BCUT2D eigenvalue weighted by molar-refractivity contribution is -0.148. The largest absolute Gasteiger partial charge is 0.462 e. The third-order valence-electron chi connectivity index (χ3n) is 13.1. The molecule has 5 rings (SSSR count). The Morgan fingerprint density at radius 2 is 1.71 bits per heavy atom. The summed E-state index contributed by atoms with van der Waals surface area (Å²) in [5.74, 6) is 6.87. The van der Waals surface area contributed by atoms with Crippen molar-refractivity contribution < 1.29 is 9.53 Å². The van der Waals surface area contributed by atoms with Gasteiger partial charge in [0.1, 0.15) is 6.10 Å². The molecule has 0 aliphatic heterocycles. The number of rotatable bonds is 5. The summed E-state index contributed by atoms with van der Waals surface area (Å²) in [5.41, 5.74) is 3.08. The molecule has 5 aliphatic rings. The molecule has 0 heterocycles. The fraction of sp³-hybridized carbons (Fsp3) is 0.906. The van der Waals surface area contributed by atoms with Crippen LogP contribution in [0.2, 0.25) is 0 Å². The van der Waals surface area contributed by atoms with Crippen LogP contribution in [0.4, 0.5) is 0 Å². The minimum Gasteiger partial charge on any atom is -0.462 e. The van der Waals surface area contributed by atoms with Gasteiger partial charge in [-0.3, -0.25) is 4.79 Å². The van der Waals surface area contributed by atoms with Gasteiger partial charge in [0.15, 0.2) is 0 Å². The molecule has 2 heteroatoms. The van der Waals surface area contributed by atoms with Gasteiger partial charge in [0.05, 0.1) is 0 Å². The van der Waals surface area contributed by atoms with Gasteiger partial charge in [-0.15, -0.1) is 0 Å². The number of ether oxygens (including phenoxy) is 1. The SMILES string of the molecule is CC(=O)O[C@H]1CC[C@@]2(C)C(=CC[C@H]3[C@@H]4CC[C@H]([C@H](C)[C@H]5C[C@]5(C)[C@H](C)C(C)C)[C@@]4(C)CC[C@@H]32)C1. The highest BCUT2D eigenvalue weighted by atomic mass is 16.5. The van der Waals surface area contributed by atoms with Gasteiger partial charge >= 0.3 is 5.97 Å². The molecular weight excluding hydrogens is 416 g/mol. The Labute approximate surface area is 210 Å². The van der Waals surface area contributed by atoms with E-state index in [1.165, 1.54) is 44.9 Å². The minimum absolute atomic E-state index is 0.111. The molecule has 0 unspecified atom stereocenters. The van der Waals surface area contributed by atoms with E-state index >= 15 is 0 Å². The first-order valence-electron chi connectivity index (χ1n) is 14.8. The standard InChI is InChI=1S/C32H52O2/c1-19(2)21(4)32(8)18-29(32)20(3)26-11-12-27-25-10-9-23-17-24(34-22(5)33)13-15-30(23,6)28(25)14-16-31(26,27)7/h9,19-21,24-29H,10-18H2,1-8H3/t20-,21+,24-,25-,26+,27-,28-,29+,30-,31+,32+/m0/s1. The van der Waals surface area contributed by atoms with Crippen LogP contribution in [0, 0.1) is 63.6 Å². The van der Waals surface area contributed by atoms with E-state index in [1.54, 1.807) is 12.5 Å². The van der Waals surface area contributed by atoms with E-state index in [0.717, 1.165) is 60.2 Å². The van der Waals surface area contributed by atoms with Crippen molar-refractivity contribution in [1.29, 1.82) is 0 Å². The second kappa shape index (κ2) is 8.37. The monoisotopic (exact) mass is 468 g/mol. The zero-order chi connectivity index (χ0) is 24.6. The Hall–Kier alpha value is -0.790. The lowest BCUT2D eigenvalue weighted by Crippen LogP contribution is -2.51. The Kier molecular flexibility index (Phi) is 6.13. The number of hydrogen-bond donors (Lipinski definition) is 0. The maximum atomic E-state index is 11.5. The van der Waals surface area contributed by atoms with Gasteiger partial charge in [0, 0.05) is 13.3 Å². The van der Waals surface area contributed by atoms with Crippen LogP contribution in [0.5, 0.6) is 0 Å². The highest BCUT2D eigenvalue weighted by molar-refractivity contribution is 5.66. The summed E-state index contributed by atoms with van der Waals surface area (Å²) < 4.78 is 5.64. The lowest BCUT2D eigenvalue weighted by atomic mass is 9.47. The van der Waals surface area contributed by atoms with Crippen molar-refractivity contribution in [3.63, 3.8) is 0 Å². The van der Waals surface area contributed by atoms with Crippen molar-refractivity contribution in [2.24, 2.45) is 63.6 Å². The first kappa shape index (κ1) is 24.9. The van der Waals surface area contributed by atoms with E-state index in [0.29, 0.717) is 16.2 Å². The smallest absolute Gasteiger partial charge is 0.302 e. The van der Waals surface area contributed by atoms with Crippen LogP contribution in [-0.2, 0) is 9.53 Å². The second-order valence-corrected chi connectivity index (χ2v) is 14.7. The maximum Gasteiger partial charge on any atom is 0.302 e. The van der Waals surface area contributed by atoms with E-state index < -0.39 is 0 Å². The Morgan fingerprint density at radius 1 is 0.971 bits per heavy atom. The van der Waals surface area contributed by atoms with Crippen LogP contribution in [0.3, 0.4) is 0 Å². The third kappa shape index (κ3) is 3.66. The van der Waals surface area contributed by atoms with E-state index in [1.807, 2.05) is 0 Å². The predicted molar refractivity (Wildman–Crippen MR) is 140 cm³/mol. The van der Waals surface area contributed by atoms with Crippen LogP contribution in [0.25, 0.3) is 0 Å². The van der Waals surface area contributed by atoms with Crippen molar-refractivity contribution >= 4 is 5.97 Å². The first-order chi connectivity index (χ1) is 15.9. The van der Waals surface area contributed by atoms with Crippen molar-refractivity contribution in [3.05, 3.63) is 11.6 Å². The molecule has 5 aliphatic carbocycles. The first-order valence-corrected chi connectivity index (χ1v) is 14.8. The van der Waals surface area contributed by atoms with Gasteiger partial charge in [-0.25, -0.2) is 0 Å². The number of esters is 1. The molecule has 0 aromatic rings. The summed E-state index contributed by atoms with van der Waals surface area (Å²) in [6, 6.07) is 0. The van der Waals surface area contributed by atoms with Crippen molar-refractivity contribution in [2.75, 3.05) is 0 Å². The summed E-state index contributed by atoms with van der Waals surface area (Å²) in [7, 11) is 0. The van der Waals surface area contributed by atoms with Crippen LogP contribution in [0.15, 0.2) is 11.6 Å². The van der Waals surface area contributed by atoms with E-state index in [9.17, 15) is 4.79 Å². The Morgan fingerprint density at radius 3 is 2.38 bits per heavy atom. The predicted octanol–water partition coefficient (Wildman–Crippen LogP) is 8.45. The molecule has 0 spiro atoms. The van der Waals surface area contributed by atoms with Crippen molar-refractivity contribution in [1.82, 2.24) is 0 Å². The normalized spacial score (nSPS) is 49.4. The zero-order valence-corrected chi connectivity index (χ0v) is 23.5. The minimum atomic E-state index is -0.114. The fourth-order valence-electron chi connectivity index (χ4n) is 10.6. The Bertz CT molecular complexity index is 842. The fourth-order valence-corrected chi connectivity index (χ4v) is 10.6.